The first-order chi connectivity index (χ1) is 15.2. The molecule has 1 N–H and O–H groups in total. The van der Waals surface area contributed by atoms with E-state index in [1.165, 1.54) is 6.33 Å². The first-order valence-corrected chi connectivity index (χ1v) is 9.97. The Morgan fingerprint density at radius 2 is 1.65 bits per heavy atom. The Labute approximate surface area is 179 Å². The number of amides is 1. The van der Waals surface area contributed by atoms with Gasteiger partial charge in [-0.2, -0.15) is 5.10 Å². The lowest BCUT2D eigenvalue weighted by Gasteiger charge is -2.15. The van der Waals surface area contributed by atoms with E-state index in [1.54, 1.807) is 17.3 Å². The molecule has 1 atom stereocenters. The van der Waals surface area contributed by atoms with Gasteiger partial charge in [-0.25, -0.2) is 14.6 Å². The Morgan fingerprint density at radius 3 is 2.39 bits per heavy atom. The molecule has 2 aromatic heterocycles. The molecule has 1 unspecified atom stereocenters. The molecule has 0 saturated heterocycles. The fourth-order valence-electron chi connectivity index (χ4n) is 3.56. The van der Waals surface area contributed by atoms with E-state index in [9.17, 15) is 4.79 Å². The van der Waals surface area contributed by atoms with Gasteiger partial charge < -0.3 is 5.32 Å². The van der Waals surface area contributed by atoms with E-state index in [-0.39, 0.29) is 11.9 Å². The van der Waals surface area contributed by atoms with Gasteiger partial charge in [-0.05, 0) is 61.0 Å². The third-order valence-electron chi connectivity index (χ3n) is 5.29. The lowest BCUT2D eigenvalue weighted by atomic mass is 10.1. The number of carbonyl (C=O) groups is 1. The van der Waals surface area contributed by atoms with Gasteiger partial charge in [0, 0.05) is 11.3 Å². The number of nitrogens with one attached hydrogen (secondary N) is 1. The van der Waals surface area contributed by atoms with Gasteiger partial charge in [-0.3, -0.25) is 9.36 Å². The molecule has 0 aliphatic rings. The molecule has 0 spiro atoms. The summed E-state index contributed by atoms with van der Waals surface area (Å²) in [5.41, 5.74) is 5.47. The van der Waals surface area contributed by atoms with Crippen molar-refractivity contribution in [2.24, 2.45) is 0 Å². The summed E-state index contributed by atoms with van der Waals surface area (Å²) in [6.45, 7) is 1.97. The maximum atomic E-state index is 12.7. The summed E-state index contributed by atoms with van der Waals surface area (Å²) in [4.78, 5) is 21.1. The average molecular weight is 408 g/mol. The van der Waals surface area contributed by atoms with Gasteiger partial charge in [-0.15, -0.1) is 0 Å². The highest BCUT2D eigenvalue weighted by molar-refractivity contribution is 5.94. The van der Waals surface area contributed by atoms with Crippen LogP contribution in [-0.2, 0) is 0 Å². The Hall–Kier alpha value is -4.26. The van der Waals surface area contributed by atoms with Gasteiger partial charge >= 0.3 is 0 Å². The van der Waals surface area contributed by atoms with Crippen LogP contribution in [0.5, 0.6) is 0 Å². The van der Waals surface area contributed by atoms with Gasteiger partial charge in [-0.1, -0.05) is 24.3 Å². The molecular formula is C24H20N6O. The summed E-state index contributed by atoms with van der Waals surface area (Å²) in [6.07, 6.45) is 4.94. The molecule has 0 bridgehead atoms. The lowest BCUT2D eigenvalue weighted by molar-refractivity contribution is 0.0940. The lowest BCUT2D eigenvalue weighted by Crippen LogP contribution is -2.26. The Morgan fingerprint density at radius 1 is 0.903 bits per heavy atom. The van der Waals surface area contributed by atoms with Crippen LogP contribution in [0.25, 0.3) is 22.4 Å². The number of hydrogen-bond acceptors (Lipinski definition) is 4. The van der Waals surface area contributed by atoms with Gasteiger partial charge in [0.05, 0.1) is 22.8 Å². The molecular weight excluding hydrogens is 388 g/mol. The standard InChI is InChI=1S/C24H20N6O/c1-17(18-6-12-21(13-7-18)30-15-25-14-27-30)28-24(31)19-8-10-20(11-9-19)29-16-26-22-4-2-3-5-23(22)29/h2-17H,1H3,(H,28,31). The number of fused-ring (bicyclic) bond motifs is 1. The van der Waals surface area contributed by atoms with Crippen LogP contribution in [0.15, 0.2) is 91.8 Å². The van der Waals surface area contributed by atoms with E-state index >= 15 is 0 Å². The van der Waals surface area contributed by atoms with Crippen molar-refractivity contribution in [3.8, 4) is 11.4 Å². The zero-order chi connectivity index (χ0) is 21.2. The highest BCUT2D eigenvalue weighted by Gasteiger charge is 2.12. The highest BCUT2D eigenvalue weighted by atomic mass is 16.1. The molecule has 0 radical (unpaired) electrons. The van der Waals surface area contributed by atoms with Crippen LogP contribution < -0.4 is 5.32 Å². The van der Waals surface area contributed by atoms with Crippen LogP contribution in [0.3, 0.4) is 0 Å². The van der Waals surface area contributed by atoms with E-state index in [0.29, 0.717) is 5.56 Å². The minimum Gasteiger partial charge on any atom is -0.346 e. The number of hydrogen-bond donors (Lipinski definition) is 1. The molecule has 7 nitrogen and oxygen atoms in total. The van der Waals surface area contributed by atoms with Crippen LogP contribution in [0.4, 0.5) is 0 Å². The molecule has 5 rings (SSSR count). The molecule has 0 aliphatic carbocycles. The molecule has 3 aromatic carbocycles. The largest absolute Gasteiger partial charge is 0.346 e. The van der Waals surface area contributed by atoms with Gasteiger partial charge in [0.1, 0.15) is 19.0 Å². The van der Waals surface area contributed by atoms with Crippen LogP contribution >= 0.6 is 0 Å². The SMILES string of the molecule is CC(NC(=O)c1ccc(-n2cnc3ccccc32)cc1)c1ccc(-n2cncn2)cc1. The topological polar surface area (TPSA) is 77.6 Å². The molecule has 0 saturated carbocycles. The van der Waals surface area contributed by atoms with Gasteiger partial charge in [0.25, 0.3) is 5.91 Å². The van der Waals surface area contributed by atoms with Crippen molar-refractivity contribution in [1.29, 1.82) is 0 Å². The number of para-hydroxylation sites is 2. The van der Waals surface area contributed by atoms with Crippen molar-refractivity contribution in [3.63, 3.8) is 0 Å². The fourth-order valence-corrected chi connectivity index (χ4v) is 3.56. The number of nitrogens with zero attached hydrogens (tertiary/aromatic N) is 5. The summed E-state index contributed by atoms with van der Waals surface area (Å²) in [5, 5.41) is 7.18. The van der Waals surface area contributed by atoms with Crippen LogP contribution in [0, 0.1) is 0 Å². The highest BCUT2D eigenvalue weighted by Crippen LogP contribution is 2.19. The monoisotopic (exact) mass is 408 g/mol. The molecule has 7 heteroatoms. The van der Waals surface area contributed by atoms with Gasteiger partial charge in [0.2, 0.25) is 0 Å². The van der Waals surface area contributed by atoms with Crippen molar-refractivity contribution in [2.45, 2.75) is 13.0 Å². The maximum absolute atomic E-state index is 12.7. The van der Waals surface area contributed by atoms with Gasteiger partial charge in [0.15, 0.2) is 0 Å². The number of benzene rings is 3. The molecule has 31 heavy (non-hydrogen) atoms. The van der Waals surface area contributed by atoms with E-state index in [2.05, 4.69) is 20.4 Å². The molecule has 152 valence electrons. The molecule has 5 aromatic rings. The van der Waals surface area contributed by atoms with Crippen molar-refractivity contribution >= 4 is 16.9 Å². The summed E-state index contributed by atoms with van der Waals surface area (Å²) in [7, 11) is 0. The number of imidazole rings is 1. The van der Waals surface area contributed by atoms with E-state index in [0.717, 1.165) is 28.0 Å². The Kier molecular flexibility index (Phi) is 4.76. The summed E-state index contributed by atoms with van der Waals surface area (Å²) in [5.74, 6) is -0.116. The predicted octanol–water partition coefficient (Wildman–Crippen LogP) is 4.10. The number of rotatable bonds is 5. The van der Waals surface area contributed by atoms with Crippen molar-refractivity contribution in [2.75, 3.05) is 0 Å². The smallest absolute Gasteiger partial charge is 0.251 e. The van der Waals surface area contributed by atoms with Crippen LogP contribution in [0.1, 0.15) is 28.9 Å². The summed E-state index contributed by atoms with van der Waals surface area (Å²) >= 11 is 0. The zero-order valence-corrected chi connectivity index (χ0v) is 16.9. The third kappa shape index (κ3) is 3.69. The summed E-state index contributed by atoms with van der Waals surface area (Å²) in [6, 6.07) is 23.2. The predicted molar refractivity (Wildman–Crippen MR) is 118 cm³/mol. The van der Waals surface area contributed by atoms with Crippen molar-refractivity contribution < 1.29 is 4.79 Å². The van der Waals surface area contributed by atoms with E-state index < -0.39 is 0 Å². The molecule has 1 amide bonds. The van der Waals surface area contributed by atoms with Crippen molar-refractivity contribution in [3.05, 3.63) is 103 Å². The van der Waals surface area contributed by atoms with Crippen molar-refractivity contribution in [1.82, 2.24) is 29.6 Å². The molecule has 0 fully saturated rings. The van der Waals surface area contributed by atoms with Crippen LogP contribution in [0.2, 0.25) is 0 Å². The maximum Gasteiger partial charge on any atom is 0.251 e. The van der Waals surface area contributed by atoms with E-state index in [4.69, 9.17) is 0 Å². The summed E-state index contributed by atoms with van der Waals surface area (Å²) < 4.78 is 3.70. The molecule has 2 heterocycles. The third-order valence-corrected chi connectivity index (χ3v) is 5.29. The Bertz CT molecular complexity index is 1320. The zero-order valence-electron chi connectivity index (χ0n) is 16.9. The average Bonchev–Trinajstić information content (AvgIpc) is 3.50. The first-order valence-electron chi connectivity index (χ1n) is 9.97. The fraction of sp³-hybridized carbons (Fsp3) is 0.0833. The van der Waals surface area contributed by atoms with E-state index in [1.807, 2.05) is 84.3 Å². The second-order valence-corrected chi connectivity index (χ2v) is 7.28. The Balaban J connectivity index is 1.29. The second kappa shape index (κ2) is 7.87. The minimum atomic E-state index is -0.130. The normalized spacial score (nSPS) is 12.0. The first kappa shape index (κ1) is 18.7. The quantitative estimate of drug-likeness (QED) is 0.475. The number of carbonyl (C=O) groups excluding carboxylic acids is 1. The number of aromatic nitrogens is 5. The minimum absolute atomic E-state index is 0.116. The molecule has 0 aliphatic heterocycles. The van der Waals surface area contributed by atoms with Crippen LogP contribution in [-0.4, -0.2) is 30.2 Å². The second-order valence-electron chi connectivity index (χ2n) is 7.28.